The monoisotopic (exact) mass is 335 g/mol. The van der Waals surface area contributed by atoms with Crippen LogP contribution in [0.25, 0.3) is 22.0 Å². The highest BCUT2D eigenvalue weighted by Gasteiger charge is 2.10. The molecule has 0 saturated heterocycles. The Morgan fingerprint density at radius 3 is 2.25 bits per heavy atom. The quantitative estimate of drug-likeness (QED) is 0.596. The number of hydrogen-bond donors (Lipinski definition) is 1. The van der Waals surface area contributed by atoms with Crippen molar-refractivity contribution in [2.45, 2.75) is 6.54 Å². The summed E-state index contributed by atoms with van der Waals surface area (Å²) in [7, 11) is 0. The fraction of sp³-hybridized carbons (Fsp3) is 0.0588. The molecule has 2 aromatic carbocycles. The second-order valence-electron chi connectivity index (χ2n) is 5.00. The van der Waals surface area contributed by atoms with Gasteiger partial charge in [-0.05, 0) is 12.1 Å². The van der Waals surface area contributed by atoms with Gasteiger partial charge in [0.15, 0.2) is 0 Å². The molecule has 4 aromatic rings. The smallest absolute Gasteiger partial charge is 0.247 e. The minimum atomic E-state index is 0.406. The Morgan fingerprint density at radius 2 is 1.50 bits per heavy atom. The maximum Gasteiger partial charge on any atom is 0.247 e. The normalized spacial score (nSPS) is 10.7. The van der Waals surface area contributed by atoms with E-state index in [0.29, 0.717) is 23.5 Å². The second kappa shape index (κ2) is 6.59. The zero-order valence-electron chi connectivity index (χ0n) is 12.6. The highest BCUT2D eigenvalue weighted by atomic mass is 32.1. The van der Waals surface area contributed by atoms with E-state index >= 15 is 0 Å². The molecule has 0 fully saturated rings. The molecule has 7 heteroatoms. The number of anilines is 1. The topological polar surface area (TPSA) is 76.7 Å². The molecule has 0 bridgehead atoms. The predicted molar refractivity (Wildman–Crippen MR) is 92.4 cm³/mol. The van der Waals surface area contributed by atoms with E-state index in [-0.39, 0.29) is 0 Å². The summed E-state index contributed by atoms with van der Waals surface area (Å²) in [5.41, 5.74) is 1.95. The molecule has 118 valence electrons. The average Bonchev–Trinajstić information content (AvgIpc) is 3.31. The highest BCUT2D eigenvalue weighted by Crippen LogP contribution is 2.26. The van der Waals surface area contributed by atoms with Crippen LogP contribution in [-0.4, -0.2) is 20.4 Å². The maximum absolute atomic E-state index is 5.65. The van der Waals surface area contributed by atoms with E-state index in [4.69, 9.17) is 4.42 Å². The summed E-state index contributed by atoms with van der Waals surface area (Å²) in [5, 5.41) is 21.2. The van der Waals surface area contributed by atoms with Crippen molar-refractivity contribution in [3.8, 4) is 22.0 Å². The lowest BCUT2D eigenvalue weighted by atomic mass is 10.2. The van der Waals surface area contributed by atoms with Crippen LogP contribution in [0.4, 0.5) is 5.13 Å². The van der Waals surface area contributed by atoms with Crippen LogP contribution >= 0.6 is 11.3 Å². The molecule has 0 aliphatic carbocycles. The summed E-state index contributed by atoms with van der Waals surface area (Å²) >= 11 is 1.49. The molecule has 2 heterocycles. The highest BCUT2D eigenvalue weighted by molar-refractivity contribution is 7.18. The fourth-order valence-electron chi connectivity index (χ4n) is 2.17. The molecule has 0 atom stereocenters. The number of aromatic nitrogens is 4. The molecular weight excluding hydrogens is 322 g/mol. The van der Waals surface area contributed by atoms with Gasteiger partial charge < -0.3 is 9.73 Å². The standard InChI is InChI=1S/C17H13N5OS/c1-3-7-12(8-4-1)15-20-19-14(23-15)11-18-17-22-21-16(24-17)13-9-5-2-6-10-13/h1-10H,11H2,(H,18,22). The molecule has 0 spiro atoms. The van der Waals surface area contributed by atoms with Gasteiger partial charge in [-0.3, -0.25) is 0 Å². The van der Waals surface area contributed by atoms with Crippen molar-refractivity contribution in [2.24, 2.45) is 0 Å². The van der Waals surface area contributed by atoms with Gasteiger partial charge in [0.25, 0.3) is 0 Å². The van der Waals surface area contributed by atoms with Gasteiger partial charge in [-0.15, -0.1) is 20.4 Å². The summed E-state index contributed by atoms with van der Waals surface area (Å²) in [6, 6.07) is 19.6. The van der Waals surface area contributed by atoms with Gasteiger partial charge in [-0.25, -0.2) is 0 Å². The van der Waals surface area contributed by atoms with Crippen molar-refractivity contribution >= 4 is 16.5 Å². The summed E-state index contributed by atoms with van der Waals surface area (Å²) < 4.78 is 5.65. The van der Waals surface area contributed by atoms with Crippen molar-refractivity contribution in [1.82, 2.24) is 20.4 Å². The van der Waals surface area contributed by atoms with E-state index < -0.39 is 0 Å². The van der Waals surface area contributed by atoms with E-state index in [1.54, 1.807) is 0 Å². The van der Waals surface area contributed by atoms with E-state index in [1.807, 2.05) is 60.7 Å². The molecule has 0 amide bonds. The Balaban J connectivity index is 1.43. The molecule has 24 heavy (non-hydrogen) atoms. The third-order valence-corrected chi connectivity index (χ3v) is 4.25. The van der Waals surface area contributed by atoms with E-state index in [2.05, 4.69) is 25.7 Å². The van der Waals surface area contributed by atoms with Crippen molar-refractivity contribution in [2.75, 3.05) is 5.32 Å². The van der Waals surface area contributed by atoms with Gasteiger partial charge in [0.05, 0.1) is 6.54 Å². The first-order valence-electron chi connectivity index (χ1n) is 7.39. The molecule has 0 aliphatic heterocycles. The molecular formula is C17H13N5OS. The van der Waals surface area contributed by atoms with Crippen molar-refractivity contribution in [1.29, 1.82) is 0 Å². The zero-order chi connectivity index (χ0) is 16.2. The second-order valence-corrected chi connectivity index (χ2v) is 5.98. The van der Waals surface area contributed by atoms with Crippen molar-refractivity contribution in [3.63, 3.8) is 0 Å². The molecule has 0 aliphatic rings. The minimum Gasteiger partial charge on any atom is -0.419 e. The Kier molecular flexibility index (Phi) is 3.99. The first kappa shape index (κ1) is 14.5. The lowest BCUT2D eigenvalue weighted by Gasteiger charge is -1.96. The Hall–Kier alpha value is -3.06. The van der Waals surface area contributed by atoms with Crippen LogP contribution in [0.3, 0.4) is 0 Å². The van der Waals surface area contributed by atoms with Crippen LogP contribution in [0.1, 0.15) is 5.89 Å². The average molecular weight is 335 g/mol. The lowest BCUT2D eigenvalue weighted by molar-refractivity contribution is 0.515. The lowest BCUT2D eigenvalue weighted by Crippen LogP contribution is -1.99. The Labute approximate surface area is 142 Å². The van der Waals surface area contributed by atoms with Gasteiger partial charge in [0, 0.05) is 11.1 Å². The predicted octanol–water partition coefficient (Wildman–Crippen LogP) is 3.87. The van der Waals surface area contributed by atoms with Crippen LogP contribution in [0.15, 0.2) is 65.1 Å². The molecule has 0 unspecified atom stereocenters. The third-order valence-electron chi connectivity index (χ3n) is 3.32. The van der Waals surface area contributed by atoms with E-state index in [0.717, 1.165) is 16.1 Å². The SMILES string of the molecule is c1ccc(-c2nnc(CNc3nnc(-c4ccccc4)s3)o2)cc1. The number of benzene rings is 2. The summed E-state index contributed by atoms with van der Waals surface area (Å²) in [4.78, 5) is 0. The van der Waals surface area contributed by atoms with Crippen LogP contribution in [0.2, 0.25) is 0 Å². The molecule has 1 N–H and O–H groups in total. The van der Waals surface area contributed by atoms with Gasteiger partial charge in [0.1, 0.15) is 5.01 Å². The molecule has 0 saturated carbocycles. The maximum atomic E-state index is 5.65. The van der Waals surface area contributed by atoms with Crippen LogP contribution in [-0.2, 0) is 6.54 Å². The summed E-state index contributed by atoms with van der Waals surface area (Å²) in [6.45, 7) is 0.406. The van der Waals surface area contributed by atoms with Gasteiger partial charge in [-0.1, -0.05) is 59.9 Å². The molecule has 0 radical (unpaired) electrons. The van der Waals surface area contributed by atoms with E-state index in [1.165, 1.54) is 11.3 Å². The summed E-state index contributed by atoms with van der Waals surface area (Å²) in [5.74, 6) is 1.01. The molecule has 2 aromatic heterocycles. The molecule has 6 nitrogen and oxygen atoms in total. The summed E-state index contributed by atoms with van der Waals surface area (Å²) in [6.07, 6.45) is 0. The Bertz CT molecular complexity index is 843. The van der Waals surface area contributed by atoms with Crippen LogP contribution < -0.4 is 5.32 Å². The Morgan fingerprint density at radius 1 is 0.792 bits per heavy atom. The van der Waals surface area contributed by atoms with Crippen molar-refractivity contribution in [3.05, 3.63) is 66.6 Å². The largest absolute Gasteiger partial charge is 0.419 e. The van der Waals surface area contributed by atoms with Gasteiger partial charge in [-0.2, -0.15) is 0 Å². The van der Waals surface area contributed by atoms with Crippen LogP contribution in [0, 0.1) is 0 Å². The number of nitrogens with one attached hydrogen (secondary N) is 1. The van der Waals surface area contributed by atoms with Gasteiger partial charge >= 0.3 is 0 Å². The third kappa shape index (κ3) is 3.16. The van der Waals surface area contributed by atoms with Gasteiger partial charge in [0.2, 0.25) is 16.9 Å². The zero-order valence-corrected chi connectivity index (χ0v) is 13.4. The fourth-order valence-corrected chi connectivity index (χ4v) is 2.91. The number of rotatable bonds is 5. The first-order valence-corrected chi connectivity index (χ1v) is 8.21. The first-order chi connectivity index (χ1) is 11.9. The van der Waals surface area contributed by atoms with E-state index in [9.17, 15) is 0 Å². The van der Waals surface area contributed by atoms with Crippen LogP contribution in [0.5, 0.6) is 0 Å². The number of nitrogens with zero attached hydrogens (tertiary/aromatic N) is 4. The van der Waals surface area contributed by atoms with Crippen molar-refractivity contribution < 1.29 is 4.42 Å². The minimum absolute atomic E-state index is 0.406. The molecule has 4 rings (SSSR count). The number of hydrogen-bond acceptors (Lipinski definition) is 7.